The summed E-state index contributed by atoms with van der Waals surface area (Å²) in [5, 5.41) is 2.44. The Labute approximate surface area is 132 Å². The predicted molar refractivity (Wildman–Crippen MR) is 90.5 cm³/mol. The molecule has 2 aromatic rings. The van der Waals surface area contributed by atoms with Gasteiger partial charge in [0.15, 0.2) is 0 Å². The molecular weight excluding hydrogens is 276 g/mol. The molecule has 0 bridgehead atoms. The van der Waals surface area contributed by atoms with Gasteiger partial charge in [-0.05, 0) is 34.4 Å². The van der Waals surface area contributed by atoms with E-state index in [1.165, 1.54) is 22.6 Å². The van der Waals surface area contributed by atoms with E-state index < -0.39 is 0 Å². The van der Waals surface area contributed by atoms with Crippen molar-refractivity contribution in [2.45, 2.75) is 19.8 Å². The minimum Gasteiger partial charge on any atom is -0.499 e. The molecule has 0 aliphatic rings. The highest BCUT2D eigenvalue weighted by Crippen LogP contribution is 2.24. The summed E-state index contributed by atoms with van der Waals surface area (Å²) in [6, 6.07) is 12.8. The average molecular weight is 300 g/mol. The zero-order valence-corrected chi connectivity index (χ0v) is 13.4. The second kappa shape index (κ2) is 8.44. The molecule has 0 saturated heterocycles. The van der Waals surface area contributed by atoms with Crippen LogP contribution in [0.15, 0.2) is 49.2 Å². The number of benzene rings is 2. The standard InChI is InChI=1S/C19H24O3/c1-4-20-9-10-21-11-12-22-19-8-7-17-13-16(15(2)3)5-6-18(17)14-19/h4-8,13-15H,1,9-12H2,2-3H3. The Hall–Kier alpha value is -2.00. The number of ether oxygens (including phenoxy) is 3. The molecule has 0 aliphatic carbocycles. The van der Waals surface area contributed by atoms with Crippen molar-refractivity contribution < 1.29 is 14.2 Å². The fourth-order valence-electron chi connectivity index (χ4n) is 2.20. The number of hydrogen-bond donors (Lipinski definition) is 0. The monoisotopic (exact) mass is 300 g/mol. The molecule has 0 atom stereocenters. The van der Waals surface area contributed by atoms with Crippen LogP contribution < -0.4 is 4.74 Å². The van der Waals surface area contributed by atoms with Crippen molar-refractivity contribution in [2.75, 3.05) is 26.4 Å². The Bertz CT molecular complexity index is 605. The maximum atomic E-state index is 5.71. The summed E-state index contributed by atoms with van der Waals surface area (Å²) >= 11 is 0. The lowest BCUT2D eigenvalue weighted by Crippen LogP contribution is -2.09. The fraction of sp³-hybridized carbons (Fsp3) is 0.368. The molecule has 0 aliphatic heterocycles. The van der Waals surface area contributed by atoms with Crippen molar-refractivity contribution >= 4 is 10.8 Å². The van der Waals surface area contributed by atoms with Gasteiger partial charge in [0.2, 0.25) is 0 Å². The van der Waals surface area contributed by atoms with Gasteiger partial charge in [0, 0.05) is 0 Å². The third-order valence-electron chi connectivity index (χ3n) is 3.46. The van der Waals surface area contributed by atoms with Crippen LogP contribution in [-0.4, -0.2) is 26.4 Å². The van der Waals surface area contributed by atoms with Gasteiger partial charge in [0.25, 0.3) is 0 Å². The van der Waals surface area contributed by atoms with Gasteiger partial charge in [-0.25, -0.2) is 0 Å². The van der Waals surface area contributed by atoms with Crippen molar-refractivity contribution in [3.63, 3.8) is 0 Å². The first-order chi connectivity index (χ1) is 10.7. The maximum absolute atomic E-state index is 5.71. The molecule has 0 radical (unpaired) electrons. The van der Waals surface area contributed by atoms with E-state index in [-0.39, 0.29) is 0 Å². The van der Waals surface area contributed by atoms with E-state index in [4.69, 9.17) is 14.2 Å². The highest BCUT2D eigenvalue weighted by atomic mass is 16.5. The summed E-state index contributed by atoms with van der Waals surface area (Å²) < 4.78 is 16.1. The lowest BCUT2D eigenvalue weighted by Gasteiger charge is -2.10. The van der Waals surface area contributed by atoms with Crippen LogP contribution in [0, 0.1) is 0 Å². The lowest BCUT2D eigenvalue weighted by atomic mass is 9.99. The number of hydrogen-bond acceptors (Lipinski definition) is 3. The van der Waals surface area contributed by atoms with Crippen LogP contribution in [0.2, 0.25) is 0 Å². The molecule has 3 nitrogen and oxygen atoms in total. The fourth-order valence-corrected chi connectivity index (χ4v) is 2.20. The SMILES string of the molecule is C=COCCOCCOc1ccc2cc(C(C)C)ccc2c1. The molecule has 0 heterocycles. The molecule has 0 fully saturated rings. The lowest BCUT2D eigenvalue weighted by molar-refractivity contribution is 0.0654. The number of fused-ring (bicyclic) bond motifs is 1. The van der Waals surface area contributed by atoms with Gasteiger partial charge in [-0.1, -0.05) is 44.7 Å². The van der Waals surface area contributed by atoms with Crippen LogP contribution in [-0.2, 0) is 9.47 Å². The van der Waals surface area contributed by atoms with E-state index in [1.807, 2.05) is 6.07 Å². The molecule has 2 aromatic carbocycles. The van der Waals surface area contributed by atoms with Crippen LogP contribution in [0.3, 0.4) is 0 Å². The van der Waals surface area contributed by atoms with Crippen molar-refractivity contribution in [1.82, 2.24) is 0 Å². The van der Waals surface area contributed by atoms with Crippen molar-refractivity contribution in [1.29, 1.82) is 0 Å². The third-order valence-corrected chi connectivity index (χ3v) is 3.46. The van der Waals surface area contributed by atoms with Gasteiger partial charge in [-0.3, -0.25) is 0 Å². The Morgan fingerprint density at radius 2 is 1.68 bits per heavy atom. The molecule has 3 heteroatoms. The van der Waals surface area contributed by atoms with Crippen molar-refractivity contribution in [2.24, 2.45) is 0 Å². The van der Waals surface area contributed by atoms with Gasteiger partial charge >= 0.3 is 0 Å². The summed E-state index contributed by atoms with van der Waals surface area (Å²) in [6.07, 6.45) is 1.42. The molecule has 0 amide bonds. The normalized spacial score (nSPS) is 10.9. The first kappa shape index (κ1) is 16.4. The zero-order chi connectivity index (χ0) is 15.8. The van der Waals surface area contributed by atoms with Gasteiger partial charge < -0.3 is 14.2 Å². The van der Waals surface area contributed by atoms with Crippen molar-refractivity contribution in [3.8, 4) is 5.75 Å². The van der Waals surface area contributed by atoms with Crippen LogP contribution >= 0.6 is 0 Å². The zero-order valence-electron chi connectivity index (χ0n) is 13.4. The van der Waals surface area contributed by atoms with E-state index in [0.717, 1.165) is 5.75 Å². The summed E-state index contributed by atoms with van der Waals surface area (Å²) in [5.41, 5.74) is 1.36. The van der Waals surface area contributed by atoms with Crippen LogP contribution in [0.5, 0.6) is 5.75 Å². The van der Waals surface area contributed by atoms with E-state index in [1.54, 1.807) is 0 Å². The topological polar surface area (TPSA) is 27.7 Å². The molecule has 22 heavy (non-hydrogen) atoms. The minimum absolute atomic E-state index is 0.525. The molecule has 0 saturated carbocycles. The van der Waals surface area contributed by atoms with Gasteiger partial charge in [-0.2, -0.15) is 0 Å². The summed E-state index contributed by atoms with van der Waals surface area (Å²) in [6.45, 7) is 10.0. The predicted octanol–water partition coefficient (Wildman–Crippen LogP) is 4.52. The Morgan fingerprint density at radius 3 is 2.45 bits per heavy atom. The maximum Gasteiger partial charge on any atom is 0.120 e. The summed E-state index contributed by atoms with van der Waals surface area (Å²) in [7, 11) is 0. The van der Waals surface area contributed by atoms with Crippen LogP contribution in [0.1, 0.15) is 25.3 Å². The molecule has 2 rings (SSSR count). The molecule has 0 N–H and O–H groups in total. The second-order valence-electron chi connectivity index (χ2n) is 5.42. The quantitative estimate of drug-likeness (QED) is 0.503. The highest BCUT2D eigenvalue weighted by Gasteiger charge is 2.02. The molecule has 118 valence electrons. The molecule has 0 spiro atoms. The Morgan fingerprint density at radius 1 is 0.955 bits per heavy atom. The van der Waals surface area contributed by atoms with Gasteiger partial charge in [0.1, 0.15) is 19.0 Å². The van der Waals surface area contributed by atoms with E-state index >= 15 is 0 Å². The Kier molecular flexibility index (Phi) is 6.28. The molecular formula is C19H24O3. The number of rotatable bonds is 9. The smallest absolute Gasteiger partial charge is 0.120 e. The van der Waals surface area contributed by atoms with Crippen LogP contribution in [0.4, 0.5) is 0 Å². The van der Waals surface area contributed by atoms with Crippen LogP contribution in [0.25, 0.3) is 10.8 Å². The van der Waals surface area contributed by atoms with Gasteiger partial charge in [0.05, 0.1) is 19.5 Å². The minimum atomic E-state index is 0.525. The van der Waals surface area contributed by atoms with Gasteiger partial charge in [-0.15, -0.1) is 0 Å². The first-order valence-electron chi connectivity index (χ1n) is 7.67. The second-order valence-corrected chi connectivity index (χ2v) is 5.42. The summed E-state index contributed by atoms with van der Waals surface area (Å²) in [5.74, 6) is 1.42. The molecule has 0 unspecified atom stereocenters. The van der Waals surface area contributed by atoms with Crippen molar-refractivity contribution in [3.05, 3.63) is 54.8 Å². The average Bonchev–Trinajstić information content (AvgIpc) is 2.53. The van der Waals surface area contributed by atoms with E-state index in [9.17, 15) is 0 Å². The first-order valence-corrected chi connectivity index (χ1v) is 7.67. The largest absolute Gasteiger partial charge is 0.499 e. The van der Waals surface area contributed by atoms with E-state index in [2.05, 4.69) is 50.8 Å². The van der Waals surface area contributed by atoms with E-state index in [0.29, 0.717) is 32.3 Å². The Balaban J connectivity index is 1.85. The molecule has 0 aromatic heterocycles. The summed E-state index contributed by atoms with van der Waals surface area (Å²) in [4.78, 5) is 0. The highest BCUT2D eigenvalue weighted by molar-refractivity contribution is 5.84. The third kappa shape index (κ3) is 4.78.